The zero-order valence-corrected chi connectivity index (χ0v) is 7.09. The summed E-state index contributed by atoms with van der Waals surface area (Å²) < 4.78 is 0. The van der Waals surface area contributed by atoms with E-state index in [4.69, 9.17) is 0 Å². The van der Waals surface area contributed by atoms with Crippen LogP contribution in [-0.4, -0.2) is 10.7 Å². The average Bonchev–Trinajstić information content (AvgIpc) is 2.45. The van der Waals surface area contributed by atoms with E-state index in [-0.39, 0.29) is 0 Å². The lowest BCUT2D eigenvalue weighted by atomic mass is 9.84. The van der Waals surface area contributed by atoms with Crippen LogP contribution in [0.5, 0.6) is 0 Å². The van der Waals surface area contributed by atoms with Crippen LogP contribution in [-0.2, 0) is 0 Å². The van der Waals surface area contributed by atoms with Crippen molar-refractivity contribution in [1.82, 2.24) is 0 Å². The van der Waals surface area contributed by atoms with E-state index in [0.717, 1.165) is 12.3 Å². The molecule has 0 aromatic heterocycles. The minimum Gasteiger partial charge on any atom is -0.385 e. The van der Waals surface area contributed by atoms with Gasteiger partial charge in [-0.1, -0.05) is 12.2 Å². The molecule has 0 spiro atoms. The predicted molar refractivity (Wildman–Crippen MR) is 45.2 cm³/mol. The largest absolute Gasteiger partial charge is 0.385 e. The van der Waals surface area contributed by atoms with E-state index in [9.17, 15) is 5.11 Å². The van der Waals surface area contributed by atoms with E-state index < -0.39 is 5.60 Å². The molecule has 3 atom stereocenters. The van der Waals surface area contributed by atoms with Gasteiger partial charge in [0.25, 0.3) is 0 Å². The van der Waals surface area contributed by atoms with Gasteiger partial charge in [-0.15, -0.1) is 0 Å². The highest BCUT2D eigenvalue weighted by Gasteiger charge is 2.47. The van der Waals surface area contributed by atoms with Crippen molar-refractivity contribution in [3.8, 4) is 0 Å². The maximum atomic E-state index is 10.1. The molecule has 2 aliphatic rings. The molecule has 62 valence electrons. The molecule has 0 aromatic carbocycles. The Balaban J connectivity index is 2.16. The normalized spacial score (nSPS) is 49.3. The molecule has 1 nitrogen and oxygen atoms in total. The van der Waals surface area contributed by atoms with Crippen LogP contribution < -0.4 is 0 Å². The van der Waals surface area contributed by atoms with E-state index >= 15 is 0 Å². The third-order valence-electron chi connectivity index (χ3n) is 3.32. The van der Waals surface area contributed by atoms with Gasteiger partial charge < -0.3 is 5.11 Å². The number of aliphatic hydroxyl groups is 1. The Morgan fingerprint density at radius 2 is 2.27 bits per heavy atom. The van der Waals surface area contributed by atoms with E-state index in [2.05, 4.69) is 0 Å². The highest BCUT2D eigenvalue weighted by molar-refractivity contribution is 5.11. The summed E-state index contributed by atoms with van der Waals surface area (Å²) in [6.07, 6.45) is 8.86. The van der Waals surface area contributed by atoms with Gasteiger partial charge in [0, 0.05) is 0 Å². The Hall–Kier alpha value is -0.300. The molecular weight excluding hydrogens is 136 g/mol. The van der Waals surface area contributed by atoms with E-state index in [1.807, 2.05) is 19.1 Å². The van der Waals surface area contributed by atoms with Crippen molar-refractivity contribution < 1.29 is 5.11 Å². The molecule has 0 saturated heterocycles. The fourth-order valence-electron chi connectivity index (χ4n) is 2.84. The second-order valence-electron chi connectivity index (χ2n) is 4.07. The molecule has 2 saturated carbocycles. The van der Waals surface area contributed by atoms with E-state index in [1.165, 1.54) is 19.3 Å². The molecule has 1 N–H and O–H groups in total. The highest BCUT2D eigenvalue weighted by atomic mass is 16.3. The Labute approximate surface area is 68.1 Å². The van der Waals surface area contributed by atoms with E-state index in [1.54, 1.807) is 0 Å². The minimum atomic E-state index is -0.419. The molecule has 2 bridgehead atoms. The molecular formula is C10H16O. The van der Waals surface area contributed by atoms with Crippen LogP contribution in [0.25, 0.3) is 0 Å². The number of allylic oxidation sites excluding steroid dienone is 1. The second-order valence-corrected chi connectivity index (χ2v) is 4.07. The smallest absolute Gasteiger partial charge is 0.0858 e. The number of hydrogen-bond acceptors (Lipinski definition) is 1. The van der Waals surface area contributed by atoms with Crippen molar-refractivity contribution in [2.24, 2.45) is 11.8 Å². The quantitative estimate of drug-likeness (QED) is 0.570. The molecule has 11 heavy (non-hydrogen) atoms. The first-order valence-electron chi connectivity index (χ1n) is 4.61. The first-order valence-corrected chi connectivity index (χ1v) is 4.61. The maximum absolute atomic E-state index is 10.1. The van der Waals surface area contributed by atoms with Crippen LogP contribution in [0, 0.1) is 11.8 Å². The van der Waals surface area contributed by atoms with Gasteiger partial charge in [0.05, 0.1) is 5.60 Å². The minimum absolute atomic E-state index is 0.419. The molecule has 2 fully saturated rings. The first-order chi connectivity index (χ1) is 5.24. The summed E-state index contributed by atoms with van der Waals surface area (Å²) in [5, 5.41) is 10.1. The molecule has 2 aliphatic carbocycles. The monoisotopic (exact) mass is 152 g/mol. The standard InChI is InChI=1S/C10H16O/c1-2-5-10(11)7-8-3-4-9(10)6-8/h2,5,8-9,11H,3-4,6-7H2,1H3. The van der Waals surface area contributed by atoms with E-state index in [0.29, 0.717) is 5.92 Å². The molecule has 0 aliphatic heterocycles. The molecule has 3 unspecified atom stereocenters. The third-order valence-corrected chi connectivity index (χ3v) is 3.32. The summed E-state index contributed by atoms with van der Waals surface area (Å²) in [4.78, 5) is 0. The lowest BCUT2D eigenvalue weighted by Crippen LogP contribution is -2.32. The number of rotatable bonds is 1. The van der Waals surface area contributed by atoms with Gasteiger partial charge in [0.2, 0.25) is 0 Å². The highest BCUT2D eigenvalue weighted by Crippen LogP contribution is 2.51. The molecule has 2 rings (SSSR count). The summed E-state index contributed by atoms with van der Waals surface area (Å²) in [5.74, 6) is 1.39. The summed E-state index contributed by atoms with van der Waals surface area (Å²) in [6, 6.07) is 0. The Morgan fingerprint density at radius 3 is 2.73 bits per heavy atom. The van der Waals surface area contributed by atoms with Crippen LogP contribution in [0.2, 0.25) is 0 Å². The maximum Gasteiger partial charge on any atom is 0.0858 e. The molecule has 0 aromatic rings. The van der Waals surface area contributed by atoms with Crippen LogP contribution in [0.1, 0.15) is 32.6 Å². The van der Waals surface area contributed by atoms with Gasteiger partial charge >= 0.3 is 0 Å². The average molecular weight is 152 g/mol. The van der Waals surface area contributed by atoms with Crippen LogP contribution in [0.15, 0.2) is 12.2 Å². The van der Waals surface area contributed by atoms with Crippen molar-refractivity contribution >= 4 is 0 Å². The van der Waals surface area contributed by atoms with Crippen molar-refractivity contribution in [3.63, 3.8) is 0 Å². The Bertz CT molecular complexity index is 185. The lowest BCUT2D eigenvalue weighted by Gasteiger charge is -2.29. The summed E-state index contributed by atoms with van der Waals surface area (Å²) in [5.41, 5.74) is -0.419. The lowest BCUT2D eigenvalue weighted by molar-refractivity contribution is 0.0340. The zero-order chi connectivity index (χ0) is 7.90. The summed E-state index contributed by atoms with van der Waals surface area (Å²) in [7, 11) is 0. The SMILES string of the molecule is CC=CC1(O)CC2CCC1C2. The van der Waals surface area contributed by atoms with Crippen molar-refractivity contribution in [2.45, 2.75) is 38.2 Å². The van der Waals surface area contributed by atoms with Gasteiger partial charge in [0.1, 0.15) is 0 Å². The molecule has 0 heterocycles. The first kappa shape index (κ1) is 7.35. The van der Waals surface area contributed by atoms with Crippen molar-refractivity contribution in [1.29, 1.82) is 0 Å². The van der Waals surface area contributed by atoms with Crippen molar-refractivity contribution in [3.05, 3.63) is 12.2 Å². The number of fused-ring (bicyclic) bond motifs is 2. The predicted octanol–water partition coefficient (Wildman–Crippen LogP) is 2.11. The van der Waals surface area contributed by atoms with Gasteiger partial charge in [0.15, 0.2) is 0 Å². The van der Waals surface area contributed by atoms with Crippen molar-refractivity contribution in [2.75, 3.05) is 0 Å². The fourth-order valence-corrected chi connectivity index (χ4v) is 2.84. The van der Waals surface area contributed by atoms with Crippen LogP contribution >= 0.6 is 0 Å². The second kappa shape index (κ2) is 2.34. The Kier molecular flexibility index (Phi) is 1.57. The van der Waals surface area contributed by atoms with Gasteiger partial charge in [-0.3, -0.25) is 0 Å². The summed E-state index contributed by atoms with van der Waals surface area (Å²) >= 11 is 0. The third kappa shape index (κ3) is 1.02. The Morgan fingerprint density at radius 1 is 1.45 bits per heavy atom. The van der Waals surface area contributed by atoms with Gasteiger partial charge in [-0.2, -0.15) is 0 Å². The number of hydrogen-bond donors (Lipinski definition) is 1. The van der Waals surface area contributed by atoms with Crippen LogP contribution in [0.4, 0.5) is 0 Å². The molecule has 0 radical (unpaired) electrons. The van der Waals surface area contributed by atoms with Gasteiger partial charge in [-0.25, -0.2) is 0 Å². The zero-order valence-electron chi connectivity index (χ0n) is 7.09. The topological polar surface area (TPSA) is 20.2 Å². The van der Waals surface area contributed by atoms with Gasteiger partial charge in [-0.05, 0) is 44.4 Å². The molecule has 1 heteroatoms. The van der Waals surface area contributed by atoms with Crippen LogP contribution in [0.3, 0.4) is 0 Å². The summed E-state index contributed by atoms with van der Waals surface area (Å²) in [6.45, 7) is 1.99. The molecule has 0 amide bonds. The fraction of sp³-hybridized carbons (Fsp3) is 0.800.